The van der Waals surface area contributed by atoms with E-state index < -0.39 is 11.2 Å². The van der Waals surface area contributed by atoms with Crippen LogP contribution in [0.2, 0.25) is 0 Å². The number of nitrogen functional groups attached to an aromatic ring is 1. The lowest BCUT2D eigenvalue weighted by atomic mass is 10.0. The molecule has 1 aromatic rings. The van der Waals surface area contributed by atoms with Crippen LogP contribution >= 0.6 is 0 Å². The topological polar surface area (TPSA) is 101 Å². The first-order valence-corrected chi connectivity index (χ1v) is 9.09. The van der Waals surface area contributed by atoms with Crippen LogP contribution in [0.25, 0.3) is 0 Å². The largest absolute Gasteiger partial charge is 0.383 e. The van der Waals surface area contributed by atoms with Crippen LogP contribution in [-0.4, -0.2) is 22.0 Å². The maximum atomic E-state index is 12.9. The number of nitrogens with one attached hydrogen (secondary N) is 1. The standard InChI is InChI=1S/C18H28N4O3/c1-3-5-11-21(14(23)12-13-8-6-7-9-13)15-16(19)22(10-4-2)18(25)20-17(15)24/h6,8,13H,3-5,7,9-12,19H2,1-2H3,(H,20,24,25)/t13-/m1/s1. The SMILES string of the molecule is CCCCN(C(=O)C[C@@H]1C=CCC1)c1c(N)n(CCC)c(=O)[nH]c1=O. The van der Waals surface area contributed by atoms with Crippen LogP contribution in [0.3, 0.4) is 0 Å². The molecule has 1 atom stereocenters. The zero-order valence-electron chi connectivity index (χ0n) is 15.1. The Hall–Kier alpha value is -2.31. The van der Waals surface area contributed by atoms with Crippen molar-refractivity contribution < 1.29 is 4.79 Å². The first kappa shape index (κ1) is 19.0. The summed E-state index contributed by atoms with van der Waals surface area (Å²) in [6.45, 7) is 4.76. The van der Waals surface area contributed by atoms with Crippen molar-refractivity contribution in [1.29, 1.82) is 0 Å². The number of nitrogens with zero attached hydrogens (tertiary/aromatic N) is 2. The van der Waals surface area contributed by atoms with Crippen LogP contribution in [0.15, 0.2) is 21.7 Å². The van der Waals surface area contributed by atoms with Gasteiger partial charge < -0.3 is 10.6 Å². The van der Waals surface area contributed by atoms with E-state index in [-0.39, 0.29) is 23.3 Å². The molecule has 2 rings (SSSR count). The third-order valence-electron chi connectivity index (χ3n) is 4.52. The Kier molecular flexibility index (Phi) is 6.61. The maximum Gasteiger partial charge on any atom is 0.330 e. The number of anilines is 2. The number of rotatable bonds is 8. The minimum Gasteiger partial charge on any atom is -0.383 e. The van der Waals surface area contributed by atoms with E-state index in [4.69, 9.17) is 5.73 Å². The summed E-state index contributed by atoms with van der Waals surface area (Å²) in [5.41, 5.74) is 5.10. The Morgan fingerprint density at radius 3 is 2.72 bits per heavy atom. The number of unbranched alkanes of at least 4 members (excludes halogenated alkanes) is 1. The van der Waals surface area contributed by atoms with Crippen LogP contribution in [-0.2, 0) is 11.3 Å². The normalized spacial score (nSPS) is 16.3. The number of carbonyl (C=O) groups excluding carboxylic acids is 1. The van der Waals surface area contributed by atoms with Crippen molar-refractivity contribution in [1.82, 2.24) is 9.55 Å². The molecule has 0 fully saturated rings. The average molecular weight is 348 g/mol. The molecule has 1 aliphatic rings. The molecule has 0 bridgehead atoms. The van der Waals surface area contributed by atoms with E-state index in [2.05, 4.69) is 17.1 Å². The van der Waals surface area contributed by atoms with Gasteiger partial charge in [0.25, 0.3) is 5.56 Å². The number of amides is 1. The van der Waals surface area contributed by atoms with Crippen molar-refractivity contribution in [3.63, 3.8) is 0 Å². The van der Waals surface area contributed by atoms with Crippen molar-refractivity contribution >= 4 is 17.4 Å². The Labute approximate surface area is 147 Å². The molecule has 7 heteroatoms. The quantitative estimate of drug-likeness (QED) is 0.702. The molecule has 0 unspecified atom stereocenters. The molecule has 138 valence electrons. The average Bonchev–Trinajstić information content (AvgIpc) is 3.07. The van der Waals surface area contributed by atoms with Crippen LogP contribution in [0.4, 0.5) is 11.5 Å². The molecule has 1 aliphatic carbocycles. The molecule has 0 radical (unpaired) electrons. The number of nitrogens with two attached hydrogens (primary N) is 1. The minimum absolute atomic E-state index is 0.0713. The molecule has 1 heterocycles. The summed E-state index contributed by atoms with van der Waals surface area (Å²) in [5.74, 6) is 0.157. The highest BCUT2D eigenvalue weighted by Gasteiger charge is 2.25. The van der Waals surface area contributed by atoms with Crippen molar-refractivity contribution in [3.8, 4) is 0 Å². The third kappa shape index (κ3) is 4.41. The van der Waals surface area contributed by atoms with Crippen LogP contribution < -0.4 is 21.9 Å². The first-order valence-electron chi connectivity index (χ1n) is 9.09. The van der Waals surface area contributed by atoms with Gasteiger partial charge in [0.2, 0.25) is 5.91 Å². The van der Waals surface area contributed by atoms with E-state index in [0.29, 0.717) is 25.9 Å². The number of allylic oxidation sites excluding steroid dienone is 2. The van der Waals surface area contributed by atoms with E-state index in [1.165, 1.54) is 9.47 Å². The fraction of sp³-hybridized carbons (Fsp3) is 0.611. The Morgan fingerprint density at radius 2 is 2.12 bits per heavy atom. The molecule has 1 aromatic heterocycles. The van der Waals surface area contributed by atoms with Crippen molar-refractivity contribution in [2.75, 3.05) is 17.2 Å². The van der Waals surface area contributed by atoms with E-state index >= 15 is 0 Å². The first-order chi connectivity index (χ1) is 12.0. The summed E-state index contributed by atoms with van der Waals surface area (Å²) in [6, 6.07) is 0. The molecular formula is C18H28N4O3. The highest BCUT2D eigenvalue weighted by atomic mass is 16.2. The molecule has 0 aromatic carbocycles. The van der Waals surface area contributed by atoms with Gasteiger partial charge in [-0.25, -0.2) is 4.79 Å². The predicted octanol–water partition coefficient (Wildman–Crippen LogP) is 2.02. The van der Waals surface area contributed by atoms with E-state index in [0.717, 1.165) is 25.7 Å². The van der Waals surface area contributed by atoms with Gasteiger partial charge in [0.15, 0.2) is 5.69 Å². The molecule has 0 saturated heterocycles. The molecule has 1 amide bonds. The number of H-pyrrole nitrogens is 1. The molecule has 3 N–H and O–H groups in total. The van der Waals surface area contributed by atoms with Gasteiger partial charge in [0, 0.05) is 19.5 Å². The summed E-state index contributed by atoms with van der Waals surface area (Å²) < 4.78 is 1.33. The highest BCUT2D eigenvalue weighted by molar-refractivity contribution is 5.95. The van der Waals surface area contributed by atoms with Gasteiger partial charge in [0.05, 0.1) is 0 Å². The number of carbonyl (C=O) groups is 1. The zero-order valence-corrected chi connectivity index (χ0v) is 15.1. The van der Waals surface area contributed by atoms with Gasteiger partial charge in [0.1, 0.15) is 5.82 Å². The lowest BCUT2D eigenvalue weighted by Crippen LogP contribution is -2.42. The minimum atomic E-state index is -0.596. The number of aromatic amines is 1. The highest BCUT2D eigenvalue weighted by Crippen LogP contribution is 2.24. The third-order valence-corrected chi connectivity index (χ3v) is 4.52. The summed E-state index contributed by atoms with van der Waals surface area (Å²) in [6.07, 6.45) is 8.78. The zero-order chi connectivity index (χ0) is 18.4. The Morgan fingerprint density at radius 1 is 1.36 bits per heavy atom. The number of hydrogen-bond donors (Lipinski definition) is 2. The van der Waals surface area contributed by atoms with Gasteiger partial charge in [-0.2, -0.15) is 0 Å². The van der Waals surface area contributed by atoms with E-state index in [1.807, 2.05) is 13.8 Å². The van der Waals surface area contributed by atoms with Gasteiger partial charge in [-0.15, -0.1) is 0 Å². The molecular weight excluding hydrogens is 320 g/mol. The van der Waals surface area contributed by atoms with Crippen LogP contribution in [0, 0.1) is 5.92 Å². The van der Waals surface area contributed by atoms with E-state index in [1.54, 1.807) is 0 Å². The van der Waals surface area contributed by atoms with E-state index in [9.17, 15) is 14.4 Å². The van der Waals surface area contributed by atoms with Gasteiger partial charge in [-0.3, -0.25) is 19.1 Å². The second-order valence-corrected chi connectivity index (χ2v) is 6.51. The Balaban J connectivity index is 2.41. The van der Waals surface area contributed by atoms with Gasteiger partial charge in [-0.05, 0) is 31.6 Å². The Bertz CT molecular complexity index is 748. The molecule has 0 spiro atoms. The monoisotopic (exact) mass is 348 g/mol. The molecule has 25 heavy (non-hydrogen) atoms. The predicted molar refractivity (Wildman–Crippen MR) is 99.8 cm³/mol. The second kappa shape index (κ2) is 8.69. The van der Waals surface area contributed by atoms with Gasteiger partial charge in [-0.1, -0.05) is 32.4 Å². The summed E-state index contributed by atoms with van der Waals surface area (Å²) in [4.78, 5) is 41.0. The maximum absolute atomic E-state index is 12.9. The van der Waals surface area contributed by atoms with Crippen molar-refractivity contribution in [2.45, 2.75) is 58.9 Å². The summed E-state index contributed by atoms with van der Waals surface area (Å²) in [5, 5.41) is 0. The summed E-state index contributed by atoms with van der Waals surface area (Å²) >= 11 is 0. The fourth-order valence-corrected chi connectivity index (χ4v) is 3.16. The van der Waals surface area contributed by atoms with Gasteiger partial charge >= 0.3 is 5.69 Å². The number of hydrogen-bond acceptors (Lipinski definition) is 4. The molecule has 7 nitrogen and oxygen atoms in total. The number of aromatic nitrogens is 2. The van der Waals surface area contributed by atoms with Crippen molar-refractivity contribution in [3.05, 3.63) is 33.0 Å². The lowest BCUT2D eigenvalue weighted by molar-refractivity contribution is -0.119. The molecule has 0 saturated carbocycles. The summed E-state index contributed by atoms with van der Waals surface area (Å²) in [7, 11) is 0. The van der Waals surface area contributed by atoms with Crippen LogP contribution in [0.1, 0.15) is 52.4 Å². The van der Waals surface area contributed by atoms with Crippen LogP contribution in [0.5, 0.6) is 0 Å². The smallest absolute Gasteiger partial charge is 0.330 e. The second-order valence-electron chi connectivity index (χ2n) is 6.51. The molecule has 0 aliphatic heterocycles. The fourth-order valence-electron chi connectivity index (χ4n) is 3.16. The lowest BCUT2D eigenvalue weighted by Gasteiger charge is -2.25. The van der Waals surface area contributed by atoms with Crippen molar-refractivity contribution in [2.24, 2.45) is 5.92 Å².